The molecule has 2 aliphatic rings. The van der Waals surface area contributed by atoms with E-state index in [2.05, 4.69) is 20.3 Å². The van der Waals surface area contributed by atoms with Crippen LogP contribution in [-0.4, -0.2) is 44.4 Å². The average Bonchev–Trinajstić information content (AvgIpc) is 3.40. The van der Waals surface area contributed by atoms with Crippen LogP contribution in [-0.2, 0) is 6.18 Å². The molecule has 1 amide bonds. The lowest BCUT2D eigenvalue weighted by Gasteiger charge is -2.34. The summed E-state index contributed by atoms with van der Waals surface area (Å²) in [5, 5.41) is 3.25. The van der Waals surface area contributed by atoms with Crippen molar-refractivity contribution in [3.63, 3.8) is 0 Å². The van der Waals surface area contributed by atoms with E-state index < -0.39 is 11.7 Å². The Balaban J connectivity index is 1.39. The van der Waals surface area contributed by atoms with Crippen molar-refractivity contribution >= 4 is 11.7 Å². The van der Waals surface area contributed by atoms with Gasteiger partial charge in [0.15, 0.2) is 0 Å². The summed E-state index contributed by atoms with van der Waals surface area (Å²) in [5.74, 6) is 0.606. The highest BCUT2D eigenvalue weighted by Crippen LogP contribution is 2.40. The van der Waals surface area contributed by atoms with Gasteiger partial charge in [0.2, 0.25) is 0 Å². The van der Waals surface area contributed by atoms with Gasteiger partial charge in [-0.25, -0.2) is 4.98 Å². The van der Waals surface area contributed by atoms with Crippen LogP contribution >= 0.6 is 0 Å². The van der Waals surface area contributed by atoms with Gasteiger partial charge in [-0.3, -0.25) is 14.8 Å². The third-order valence-corrected chi connectivity index (χ3v) is 6.66. The number of nitrogens with zero attached hydrogens (tertiary/aromatic N) is 4. The van der Waals surface area contributed by atoms with E-state index in [1.807, 2.05) is 36.9 Å². The van der Waals surface area contributed by atoms with Crippen molar-refractivity contribution in [2.45, 2.75) is 44.9 Å². The van der Waals surface area contributed by atoms with Crippen molar-refractivity contribution < 1.29 is 18.0 Å². The Labute approximate surface area is 195 Å². The number of aryl methyl sites for hydroxylation is 2. The van der Waals surface area contributed by atoms with Gasteiger partial charge in [-0.1, -0.05) is 6.07 Å². The number of hydrogen-bond acceptors (Lipinski definition) is 5. The van der Waals surface area contributed by atoms with Crippen LogP contribution in [0.15, 0.2) is 48.9 Å². The van der Waals surface area contributed by atoms with Crippen LogP contribution in [0.1, 0.15) is 39.9 Å². The molecule has 6 nitrogen and oxygen atoms in total. The number of pyridine rings is 3. The summed E-state index contributed by atoms with van der Waals surface area (Å²) in [6.07, 6.45) is 1.52. The number of aromatic nitrogens is 3. The van der Waals surface area contributed by atoms with E-state index >= 15 is 0 Å². The smallest absolute Gasteiger partial charge is 0.365 e. The van der Waals surface area contributed by atoms with Crippen LogP contribution < -0.4 is 5.32 Å². The molecule has 176 valence electrons. The topological polar surface area (TPSA) is 71.0 Å². The molecule has 0 unspecified atom stereocenters. The van der Waals surface area contributed by atoms with E-state index in [1.165, 1.54) is 6.07 Å². The monoisotopic (exact) mass is 467 g/mol. The van der Waals surface area contributed by atoms with Crippen molar-refractivity contribution in [1.82, 2.24) is 19.9 Å². The Kier molecular flexibility index (Phi) is 5.50. The van der Waals surface area contributed by atoms with Crippen molar-refractivity contribution in [1.29, 1.82) is 0 Å². The molecule has 1 saturated carbocycles. The fraction of sp³-hybridized carbons (Fsp3) is 0.360. The van der Waals surface area contributed by atoms with E-state index in [1.54, 1.807) is 12.4 Å². The maximum Gasteiger partial charge on any atom is 0.417 e. The minimum absolute atomic E-state index is 0.0696. The van der Waals surface area contributed by atoms with Crippen LogP contribution in [0.3, 0.4) is 0 Å². The van der Waals surface area contributed by atoms with Crippen molar-refractivity contribution in [3.8, 4) is 11.4 Å². The van der Waals surface area contributed by atoms with Crippen molar-refractivity contribution in [2.75, 3.05) is 11.9 Å². The number of fused-ring (bicyclic) bond motifs is 2. The summed E-state index contributed by atoms with van der Waals surface area (Å²) in [6.45, 7) is 4.49. The fourth-order valence-electron chi connectivity index (χ4n) is 5.06. The maximum atomic E-state index is 13.7. The first-order chi connectivity index (χ1) is 16.2. The van der Waals surface area contributed by atoms with Gasteiger partial charge >= 0.3 is 6.18 Å². The maximum absolute atomic E-state index is 13.7. The number of carbonyl (C=O) groups is 1. The van der Waals surface area contributed by atoms with E-state index in [9.17, 15) is 18.0 Å². The van der Waals surface area contributed by atoms with E-state index in [4.69, 9.17) is 0 Å². The molecule has 1 N–H and O–H groups in total. The standard InChI is InChI=1S/C25H24F3N5O/c1-14-8-18(23(31-11-14)22-15(2)4-3-7-29-22)24(34)33-13-16-9-19(20(33)10-16)32-21-6-5-17(12-30-21)25(26,27)28/h3-8,11-12,16,19-20H,9-10,13H2,1-2H3,(H,30,32)/t16-,19-,20+/m1/s1. The van der Waals surface area contributed by atoms with Crippen LogP contribution in [0, 0.1) is 19.8 Å². The molecule has 1 saturated heterocycles. The van der Waals surface area contributed by atoms with E-state index in [0.29, 0.717) is 35.2 Å². The number of nitrogens with one attached hydrogen (secondary N) is 1. The fourth-order valence-corrected chi connectivity index (χ4v) is 5.06. The summed E-state index contributed by atoms with van der Waals surface area (Å²) < 4.78 is 38.5. The largest absolute Gasteiger partial charge is 0.417 e. The molecule has 1 aliphatic carbocycles. The molecule has 2 bridgehead atoms. The Bertz CT molecular complexity index is 1230. The Morgan fingerprint density at radius 2 is 1.88 bits per heavy atom. The zero-order valence-electron chi connectivity index (χ0n) is 18.8. The molecule has 3 atom stereocenters. The zero-order chi connectivity index (χ0) is 24.0. The first kappa shape index (κ1) is 22.3. The van der Waals surface area contributed by atoms with E-state index in [0.717, 1.165) is 36.2 Å². The van der Waals surface area contributed by atoms with Crippen LogP contribution in [0.5, 0.6) is 0 Å². The summed E-state index contributed by atoms with van der Waals surface area (Å²) in [5.41, 5.74) is 2.79. The van der Waals surface area contributed by atoms with Crippen molar-refractivity contribution in [3.05, 3.63) is 71.2 Å². The molecule has 5 rings (SSSR count). The van der Waals surface area contributed by atoms with Gasteiger partial charge in [0.25, 0.3) is 5.91 Å². The molecular formula is C25H24F3N5O. The lowest BCUT2D eigenvalue weighted by Crippen LogP contribution is -2.48. The first-order valence-electron chi connectivity index (χ1n) is 11.2. The first-order valence-corrected chi connectivity index (χ1v) is 11.2. The average molecular weight is 467 g/mol. The number of anilines is 1. The molecule has 3 aromatic rings. The molecule has 9 heteroatoms. The quantitative estimate of drug-likeness (QED) is 0.592. The predicted octanol–water partition coefficient (Wildman–Crippen LogP) is 4.89. The Morgan fingerprint density at radius 3 is 2.56 bits per heavy atom. The minimum Gasteiger partial charge on any atom is -0.365 e. The van der Waals surface area contributed by atoms with Gasteiger partial charge in [-0.05, 0) is 68.0 Å². The number of rotatable bonds is 4. The molecular weight excluding hydrogens is 443 g/mol. The normalized spacial score (nSPS) is 21.7. The third-order valence-electron chi connectivity index (χ3n) is 6.66. The summed E-state index contributed by atoms with van der Waals surface area (Å²) in [7, 11) is 0. The van der Waals surface area contributed by atoms with Gasteiger partial charge < -0.3 is 10.2 Å². The Morgan fingerprint density at radius 1 is 1.06 bits per heavy atom. The molecule has 2 fully saturated rings. The highest BCUT2D eigenvalue weighted by atomic mass is 19.4. The molecule has 0 spiro atoms. The number of halogens is 3. The highest BCUT2D eigenvalue weighted by molar-refractivity contribution is 6.00. The molecule has 34 heavy (non-hydrogen) atoms. The number of piperidine rings is 1. The minimum atomic E-state index is -4.42. The van der Waals surface area contributed by atoms with Crippen molar-refractivity contribution in [2.24, 2.45) is 5.92 Å². The molecule has 4 heterocycles. The number of alkyl halides is 3. The number of carbonyl (C=O) groups excluding carboxylic acids is 1. The van der Waals surface area contributed by atoms with Gasteiger partial charge in [0.05, 0.1) is 22.9 Å². The van der Waals surface area contributed by atoms with E-state index in [-0.39, 0.29) is 18.0 Å². The van der Waals surface area contributed by atoms with Gasteiger partial charge in [-0.2, -0.15) is 13.2 Å². The number of likely N-dealkylation sites (tertiary alicyclic amines) is 1. The second kappa shape index (κ2) is 8.38. The SMILES string of the molecule is Cc1cnc(-c2ncccc2C)c(C(=O)N2C[C@@H]3C[C@@H](Nc4ccc(C(F)(F)F)cn4)[C@@H]2C3)c1. The molecule has 0 aromatic carbocycles. The second-order valence-electron chi connectivity index (χ2n) is 9.12. The lowest BCUT2D eigenvalue weighted by atomic mass is 10.0. The zero-order valence-corrected chi connectivity index (χ0v) is 18.8. The molecule has 3 aromatic heterocycles. The summed E-state index contributed by atoms with van der Waals surface area (Å²) in [4.78, 5) is 28.6. The summed E-state index contributed by atoms with van der Waals surface area (Å²) in [6, 6.07) is 7.85. The number of amides is 1. The predicted molar refractivity (Wildman–Crippen MR) is 121 cm³/mol. The highest BCUT2D eigenvalue weighted by Gasteiger charge is 2.47. The van der Waals surface area contributed by atoms with Gasteiger partial charge in [0, 0.05) is 31.2 Å². The lowest BCUT2D eigenvalue weighted by molar-refractivity contribution is -0.137. The molecule has 0 radical (unpaired) electrons. The summed E-state index contributed by atoms with van der Waals surface area (Å²) >= 11 is 0. The Hall–Kier alpha value is -3.49. The number of hydrogen-bond donors (Lipinski definition) is 1. The third kappa shape index (κ3) is 4.10. The molecule has 1 aliphatic heterocycles. The van der Waals surface area contributed by atoms with Gasteiger partial charge in [0.1, 0.15) is 11.5 Å². The van der Waals surface area contributed by atoms with Crippen LogP contribution in [0.25, 0.3) is 11.4 Å². The van der Waals surface area contributed by atoms with Gasteiger partial charge in [-0.15, -0.1) is 0 Å². The second-order valence-corrected chi connectivity index (χ2v) is 9.12. The van der Waals surface area contributed by atoms with Crippen LogP contribution in [0.2, 0.25) is 0 Å². The van der Waals surface area contributed by atoms with Crippen LogP contribution in [0.4, 0.5) is 19.0 Å².